The van der Waals surface area contributed by atoms with Crippen molar-refractivity contribution in [3.63, 3.8) is 0 Å². The van der Waals surface area contributed by atoms with E-state index in [2.05, 4.69) is 34.2 Å². The lowest BCUT2D eigenvalue weighted by Crippen LogP contribution is -1.99. The largest absolute Gasteiger partial charge is 0.305 e. The molecule has 0 amide bonds. The van der Waals surface area contributed by atoms with Gasteiger partial charge in [-0.2, -0.15) is 10.5 Å². The van der Waals surface area contributed by atoms with Crippen LogP contribution in [0, 0.1) is 22.7 Å². The highest BCUT2D eigenvalue weighted by atomic mass is 14.9. The molecule has 4 bridgehead atoms. The first kappa shape index (κ1) is 20.3. The van der Waals surface area contributed by atoms with Crippen LogP contribution < -0.4 is 0 Å². The van der Waals surface area contributed by atoms with Gasteiger partial charge < -0.3 is 8.80 Å². The molecule has 6 heteroatoms. The van der Waals surface area contributed by atoms with Gasteiger partial charge in [0.2, 0.25) is 0 Å². The van der Waals surface area contributed by atoms with Crippen LogP contribution in [0.25, 0.3) is 11.0 Å². The quantitative estimate of drug-likeness (QED) is 0.401. The summed E-state index contributed by atoms with van der Waals surface area (Å²) in [6.45, 7) is 0. The topological polar surface area (TPSA) is 82.2 Å². The molecular weight excluding hydrogens is 396 g/mol. The van der Waals surface area contributed by atoms with Gasteiger partial charge in [-0.25, -0.2) is 0 Å². The Morgan fingerprint density at radius 1 is 0.625 bits per heavy atom. The van der Waals surface area contributed by atoms with Gasteiger partial charge in [-0.1, -0.05) is 12.8 Å². The standard InChI is InChI=1S/C26H26N6/c27-17-25-19-7-3-1-5-9-21-23-16-20(26(18-28)31(23)13-11-29-21)8-4-2-6-10-22-24(15-19)32(25)14-12-30-22/h11-16H,1-10H2. The van der Waals surface area contributed by atoms with E-state index in [-0.39, 0.29) is 0 Å². The summed E-state index contributed by atoms with van der Waals surface area (Å²) in [7, 11) is 0. The summed E-state index contributed by atoms with van der Waals surface area (Å²) in [5.74, 6) is 0. The van der Waals surface area contributed by atoms with Crippen molar-refractivity contribution in [3.05, 3.63) is 70.8 Å². The van der Waals surface area contributed by atoms with E-state index in [1.54, 1.807) is 0 Å². The fraction of sp³-hybridized carbons (Fsp3) is 0.385. The van der Waals surface area contributed by atoms with Gasteiger partial charge in [-0.15, -0.1) is 0 Å². The zero-order valence-electron chi connectivity index (χ0n) is 18.2. The predicted molar refractivity (Wildman–Crippen MR) is 122 cm³/mol. The number of fused-ring (bicyclic) bond motifs is 2. The first-order valence-electron chi connectivity index (χ1n) is 11.6. The van der Waals surface area contributed by atoms with E-state index in [1.807, 2.05) is 33.6 Å². The van der Waals surface area contributed by atoms with E-state index < -0.39 is 0 Å². The van der Waals surface area contributed by atoms with Crippen molar-refractivity contribution in [1.82, 2.24) is 18.8 Å². The minimum absolute atomic E-state index is 0.748. The van der Waals surface area contributed by atoms with Crippen LogP contribution >= 0.6 is 0 Å². The van der Waals surface area contributed by atoms with Crippen LogP contribution in [-0.2, 0) is 25.7 Å². The van der Waals surface area contributed by atoms with Crippen LogP contribution in [0.4, 0.5) is 0 Å². The van der Waals surface area contributed by atoms with Crippen molar-refractivity contribution in [2.24, 2.45) is 0 Å². The summed E-state index contributed by atoms with van der Waals surface area (Å²) in [6, 6.07) is 9.17. The highest BCUT2D eigenvalue weighted by Crippen LogP contribution is 2.25. The summed E-state index contributed by atoms with van der Waals surface area (Å²) in [4.78, 5) is 9.26. The number of rotatable bonds is 0. The van der Waals surface area contributed by atoms with Crippen LogP contribution in [0.5, 0.6) is 0 Å². The molecule has 1 aliphatic rings. The summed E-state index contributed by atoms with van der Waals surface area (Å²) in [5, 5.41) is 19.5. The van der Waals surface area contributed by atoms with E-state index >= 15 is 0 Å². The molecule has 32 heavy (non-hydrogen) atoms. The Hall–Kier alpha value is -3.64. The molecule has 0 saturated carbocycles. The van der Waals surface area contributed by atoms with E-state index in [9.17, 15) is 10.5 Å². The summed E-state index contributed by atoms with van der Waals surface area (Å²) < 4.78 is 4.02. The SMILES string of the molecule is N#Cc1c2cc3c(nccn13)CCCCCc1cc3c(nccn3c1C#N)CCCCC2. The predicted octanol–water partition coefficient (Wildman–Crippen LogP) is 4.95. The Balaban J connectivity index is 1.46. The lowest BCUT2D eigenvalue weighted by Gasteiger charge is -2.05. The maximum atomic E-state index is 9.77. The molecule has 6 nitrogen and oxygen atoms in total. The first-order chi connectivity index (χ1) is 15.8. The second-order valence-electron chi connectivity index (χ2n) is 8.64. The van der Waals surface area contributed by atoms with Crippen molar-refractivity contribution in [1.29, 1.82) is 10.5 Å². The van der Waals surface area contributed by atoms with Gasteiger partial charge in [-0.3, -0.25) is 9.97 Å². The Labute approximate surface area is 187 Å². The molecule has 5 rings (SSSR count). The summed E-state index contributed by atoms with van der Waals surface area (Å²) in [5.41, 5.74) is 8.02. The van der Waals surface area contributed by atoms with Crippen LogP contribution in [-0.4, -0.2) is 18.8 Å². The smallest absolute Gasteiger partial charge is 0.128 e. The van der Waals surface area contributed by atoms with E-state index in [0.717, 1.165) is 109 Å². The second-order valence-corrected chi connectivity index (χ2v) is 8.64. The number of aromatic nitrogens is 4. The summed E-state index contributed by atoms with van der Waals surface area (Å²) >= 11 is 0. The zero-order valence-corrected chi connectivity index (χ0v) is 18.2. The average molecular weight is 423 g/mol. The molecule has 4 heterocycles. The highest BCUT2D eigenvalue weighted by Gasteiger charge is 2.15. The molecule has 0 radical (unpaired) electrons. The third-order valence-electron chi connectivity index (χ3n) is 6.65. The van der Waals surface area contributed by atoms with Crippen LogP contribution in [0.2, 0.25) is 0 Å². The molecule has 0 saturated heterocycles. The van der Waals surface area contributed by atoms with Crippen molar-refractivity contribution in [2.75, 3.05) is 0 Å². The number of hydrogen-bond donors (Lipinski definition) is 0. The molecule has 0 unspecified atom stereocenters. The number of hydrogen-bond acceptors (Lipinski definition) is 4. The van der Waals surface area contributed by atoms with Gasteiger partial charge in [-0.05, 0) is 74.6 Å². The van der Waals surface area contributed by atoms with E-state index in [1.165, 1.54) is 0 Å². The average Bonchev–Trinajstić information content (AvgIpc) is 3.36. The van der Waals surface area contributed by atoms with Crippen molar-refractivity contribution in [2.45, 2.75) is 64.2 Å². The lowest BCUT2D eigenvalue weighted by molar-refractivity contribution is 0.671. The van der Waals surface area contributed by atoms with Gasteiger partial charge in [0.1, 0.15) is 23.5 Å². The fourth-order valence-electron chi connectivity index (χ4n) is 5.01. The van der Waals surface area contributed by atoms with Crippen molar-refractivity contribution < 1.29 is 0 Å². The maximum Gasteiger partial charge on any atom is 0.128 e. The Kier molecular flexibility index (Phi) is 5.60. The minimum atomic E-state index is 0.748. The molecule has 4 aromatic rings. The van der Waals surface area contributed by atoms with Gasteiger partial charge >= 0.3 is 0 Å². The van der Waals surface area contributed by atoms with Crippen LogP contribution in [0.1, 0.15) is 72.4 Å². The normalized spacial score (nSPS) is 15.4. The first-order valence-corrected chi connectivity index (χ1v) is 11.6. The molecular formula is C26H26N6. The van der Waals surface area contributed by atoms with E-state index in [4.69, 9.17) is 0 Å². The number of nitrogens with zero attached hydrogens (tertiary/aromatic N) is 6. The van der Waals surface area contributed by atoms with Crippen molar-refractivity contribution in [3.8, 4) is 12.1 Å². The van der Waals surface area contributed by atoms with Crippen LogP contribution in [0.15, 0.2) is 36.9 Å². The molecule has 0 spiro atoms. The Morgan fingerprint density at radius 2 is 1.06 bits per heavy atom. The molecule has 0 atom stereocenters. The molecule has 160 valence electrons. The molecule has 0 fully saturated rings. The Morgan fingerprint density at radius 3 is 1.50 bits per heavy atom. The van der Waals surface area contributed by atoms with Gasteiger partial charge in [0.25, 0.3) is 0 Å². The van der Waals surface area contributed by atoms with Gasteiger partial charge in [0, 0.05) is 24.8 Å². The molecule has 0 N–H and O–H groups in total. The lowest BCUT2D eigenvalue weighted by atomic mass is 10.0. The molecule has 0 aromatic carbocycles. The number of aryl methyl sites for hydroxylation is 4. The minimum Gasteiger partial charge on any atom is -0.305 e. The molecule has 1 aliphatic carbocycles. The van der Waals surface area contributed by atoms with Crippen molar-refractivity contribution >= 4 is 11.0 Å². The van der Waals surface area contributed by atoms with E-state index in [0.29, 0.717) is 0 Å². The Bertz CT molecular complexity index is 1260. The second kappa shape index (κ2) is 8.85. The van der Waals surface area contributed by atoms with Gasteiger partial charge in [0.15, 0.2) is 0 Å². The number of nitriles is 2. The monoisotopic (exact) mass is 422 g/mol. The zero-order chi connectivity index (χ0) is 21.9. The third-order valence-corrected chi connectivity index (χ3v) is 6.65. The highest BCUT2D eigenvalue weighted by molar-refractivity contribution is 5.61. The molecule has 4 aromatic heterocycles. The van der Waals surface area contributed by atoms with Crippen LogP contribution in [0.3, 0.4) is 0 Å². The molecule has 0 aliphatic heterocycles. The maximum absolute atomic E-state index is 9.77. The fourth-order valence-corrected chi connectivity index (χ4v) is 5.01. The third kappa shape index (κ3) is 3.63. The van der Waals surface area contributed by atoms with Gasteiger partial charge in [0.05, 0.1) is 22.4 Å². The summed E-state index contributed by atoms with van der Waals surface area (Å²) in [6.07, 6.45) is 17.3.